The molecule has 2 heterocycles. The minimum Gasteiger partial charge on any atom is -0.330 e. The lowest BCUT2D eigenvalue weighted by molar-refractivity contribution is 0.564. The molecule has 0 aliphatic carbocycles. The Balaban J connectivity index is 1.81. The molecule has 0 spiro atoms. The summed E-state index contributed by atoms with van der Waals surface area (Å²) in [6, 6.07) is 8.13. The molecule has 3 rings (SSSR count). The zero-order valence-corrected chi connectivity index (χ0v) is 13.8. The van der Waals surface area contributed by atoms with Crippen LogP contribution in [0.5, 0.6) is 0 Å². The quantitative estimate of drug-likeness (QED) is 0.420. The molecule has 0 bridgehead atoms. The molecule has 22 heavy (non-hydrogen) atoms. The van der Waals surface area contributed by atoms with Gasteiger partial charge in [0.25, 0.3) is 0 Å². The second-order valence-electron chi connectivity index (χ2n) is 5.82. The molecule has 0 amide bonds. The van der Waals surface area contributed by atoms with Crippen molar-refractivity contribution in [3.63, 3.8) is 0 Å². The van der Waals surface area contributed by atoms with Crippen molar-refractivity contribution in [1.82, 2.24) is 14.5 Å². The van der Waals surface area contributed by atoms with E-state index in [0.717, 1.165) is 28.5 Å². The molecule has 0 aliphatic heterocycles. The van der Waals surface area contributed by atoms with Gasteiger partial charge in [0, 0.05) is 11.9 Å². The molecule has 116 valence electrons. The Hall–Kier alpha value is -1.61. The summed E-state index contributed by atoms with van der Waals surface area (Å²) in [6.07, 6.45) is 9.67. The van der Waals surface area contributed by atoms with Gasteiger partial charge in [0.15, 0.2) is 5.15 Å². The van der Waals surface area contributed by atoms with Crippen molar-refractivity contribution in [2.24, 2.45) is 0 Å². The van der Waals surface area contributed by atoms with E-state index < -0.39 is 0 Å². The first-order chi connectivity index (χ1) is 10.8. The largest absolute Gasteiger partial charge is 0.330 e. The van der Waals surface area contributed by atoms with Gasteiger partial charge in [-0.1, -0.05) is 68.8 Å². The van der Waals surface area contributed by atoms with Crippen LogP contribution in [0.1, 0.15) is 45.4 Å². The third kappa shape index (κ3) is 3.09. The number of aryl methyl sites for hydroxylation is 1. The van der Waals surface area contributed by atoms with E-state index in [1.54, 1.807) is 0 Å². The molecule has 0 radical (unpaired) electrons. The van der Waals surface area contributed by atoms with Gasteiger partial charge in [-0.25, -0.2) is 9.97 Å². The van der Waals surface area contributed by atoms with E-state index in [9.17, 15) is 0 Å². The van der Waals surface area contributed by atoms with Crippen molar-refractivity contribution < 1.29 is 0 Å². The summed E-state index contributed by atoms with van der Waals surface area (Å²) < 4.78 is 2.23. The lowest BCUT2D eigenvalue weighted by atomic mass is 10.1. The molecule has 0 unspecified atom stereocenters. The van der Waals surface area contributed by atoms with E-state index in [2.05, 4.69) is 27.5 Å². The maximum atomic E-state index is 6.28. The molecule has 0 atom stereocenters. The van der Waals surface area contributed by atoms with Crippen molar-refractivity contribution in [2.75, 3.05) is 0 Å². The fourth-order valence-electron chi connectivity index (χ4n) is 2.98. The summed E-state index contributed by atoms with van der Waals surface area (Å²) in [4.78, 5) is 8.90. The van der Waals surface area contributed by atoms with Crippen LogP contribution in [0.3, 0.4) is 0 Å². The van der Waals surface area contributed by atoms with Crippen LogP contribution in [0.15, 0.2) is 30.6 Å². The van der Waals surface area contributed by atoms with Gasteiger partial charge in [-0.2, -0.15) is 0 Å². The second kappa shape index (κ2) is 7.10. The number of unbranched alkanes of at least 4 members (excludes halogenated alkanes) is 5. The number of rotatable bonds is 7. The Morgan fingerprint density at radius 1 is 1.05 bits per heavy atom. The predicted octanol–water partition coefficient (Wildman–Crippen LogP) is 5.60. The van der Waals surface area contributed by atoms with Gasteiger partial charge < -0.3 is 4.57 Å². The van der Waals surface area contributed by atoms with Gasteiger partial charge in [-0.05, 0) is 12.5 Å². The molecule has 0 saturated carbocycles. The molecule has 0 N–H and O–H groups in total. The predicted molar refractivity (Wildman–Crippen MR) is 93.4 cm³/mol. The zero-order valence-electron chi connectivity index (χ0n) is 13.1. The average molecular weight is 316 g/mol. The topological polar surface area (TPSA) is 30.7 Å². The summed E-state index contributed by atoms with van der Waals surface area (Å²) in [5, 5.41) is 1.63. The summed E-state index contributed by atoms with van der Waals surface area (Å²) in [7, 11) is 0. The fraction of sp³-hybridized carbons (Fsp3) is 0.444. The number of imidazole rings is 1. The van der Waals surface area contributed by atoms with Crippen LogP contribution in [0, 0.1) is 0 Å². The molecule has 0 fully saturated rings. The number of fused-ring (bicyclic) bond motifs is 3. The molecule has 3 aromatic rings. The number of hydrogen-bond acceptors (Lipinski definition) is 2. The molecular formula is C18H22ClN3. The Labute approximate surface area is 136 Å². The monoisotopic (exact) mass is 315 g/mol. The SMILES string of the molecule is CCCCCCCCn1cnc2c(Cl)nc3ccccc3c21. The summed E-state index contributed by atoms with van der Waals surface area (Å²) >= 11 is 6.28. The van der Waals surface area contributed by atoms with Crippen molar-refractivity contribution in [3.8, 4) is 0 Å². The van der Waals surface area contributed by atoms with Gasteiger partial charge in [-0.15, -0.1) is 0 Å². The van der Waals surface area contributed by atoms with E-state index in [1.165, 1.54) is 38.5 Å². The first-order valence-electron chi connectivity index (χ1n) is 8.20. The summed E-state index contributed by atoms with van der Waals surface area (Å²) in [5.74, 6) is 0. The van der Waals surface area contributed by atoms with E-state index >= 15 is 0 Å². The fourth-order valence-corrected chi connectivity index (χ4v) is 3.21. The van der Waals surface area contributed by atoms with Crippen LogP contribution in [-0.2, 0) is 6.54 Å². The smallest absolute Gasteiger partial charge is 0.157 e. The molecule has 3 nitrogen and oxygen atoms in total. The minimum atomic E-state index is 0.496. The van der Waals surface area contributed by atoms with E-state index in [1.807, 2.05) is 24.5 Å². The lowest BCUT2D eigenvalue weighted by Crippen LogP contribution is -1.97. The number of para-hydroxylation sites is 1. The summed E-state index contributed by atoms with van der Waals surface area (Å²) in [5.41, 5.74) is 2.86. The van der Waals surface area contributed by atoms with E-state index in [4.69, 9.17) is 11.6 Å². The lowest BCUT2D eigenvalue weighted by Gasteiger charge is -2.07. The Kier molecular flexibility index (Phi) is 4.94. The average Bonchev–Trinajstić information content (AvgIpc) is 2.96. The van der Waals surface area contributed by atoms with Gasteiger partial charge >= 0.3 is 0 Å². The molecule has 0 aliphatic rings. The highest BCUT2D eigenvalue weighted by molar-refractivity contribution is 6.35. The molecule has 2 aromatic heterocycles. The number of hydrogen-bond donors (Lipinski definition) is 0. The number of halogens is 1. The molecule has 0 saturated heterocycles. The van der Waals surface area contributed by atoms with Crippen LogP contribution in [0.2, 0.25) is 5.15 Å². The van der Waals surface area contributed by atoms with E-state index in [0.29, 0.717) is 5.15 Å². The summed E-state index contributed by atoms with van der Waals surface area (Å²) in [6.45, 7) is 3.24. The van der Waals surface area contributed by atoms with Gasteiger partial charge in [0.2, 0.25) is 0 Å². The molecule has 1 aromatic carbocycles. The maximum Gasteiger partial charge on any atom is 0.157 e. The third-order valence-electron chi connectivity index (χ3n) is 4.16. The number of benzene rings is 1. The highest BCUT2D eigenvalue weighted by Crippen LogP contribution is 2.28. The van der Waals surface area contributed by atoms with Crippen molar-refractivity contribution >= 4 is 33.5 Å². The standard InChI is InChI=1S/C18H22ClN3/c1-2-3-4-5-6-9-12-22-13-20-16-17(22)14-10-7-8-11-15(14)21-18(16)19/h7-8,10-11,13H,2-6,9,12H2,1H3. The van der Waals surface area contributed by atoms with Crippen LogP contribution >= 0.6 is 11.6 Å². The minimum absolute atomic E-state index is 0.496. The van der Waals surface area contributed by atoms with Crippen LogP contribution in [0.4, 0.5) is 0 Å². The zero-order chi connectivity index (χ0) is 15.4. The normalized spacial score (nSPS) is 11.5. The molecule has 4 heteroatoms. The highest BCUT2D eigenvalue weighted by atomic mass is 35.5. The van der Waals surface area contributed by atoms with Crippen LogP contribution < -0.4 is 0 Å². The first-order valence-corrected chi connectivity index (χ1v) is 8.58. The van der Waals surface area contributed by atoms with Gasteiger partial charge in [0.05, 0.1) is 17.4 Å². The number of pyridine rings is 1. The Bertz CT molecular complexity index is 763. The van der Waals surface area contributed by atoms with Crippen molar-refractivity contribution in [2.45, 2.75) is 52.0 Å². The Morgan fingerprint density at radius 3 is 2.68 bits per heavy atom. The van der Waals surface area contributed by atoms with Crippen molar-refractivity contribution in [1.29, 1.82) is 0 Å². The number of aromatic nitrogens is 3. The van der Waals surface area contributed by atoms with E-state index in [-0.39, 0.29) is 0 Å². The Morgan fingerprint density at radius 2 is 1.82 bits per heavy atom. The first kappa shape index (κ1) is 15.3. The van der Waals surface area contributed by atoms with Crippen LogP contribution in [0.25, 0.3) is 21.9 Å². The van der Waals surface area contributed by atoms with Gasteiger partial charge in [0.1, 0.15) is 5.52 Å². The third-order valence-corrected chi connectivity index (χ3v) is 4.43. The van der Waals surface area contributed by atoms with Crippen LogP contribution in [-0.4, -0.2) is 14.5 Å². The highest BCUT2D eigenvalue weighted by Gasteiger charge is 2.12. The maximum absolute atomic E-state index is 6.28. The van der Waals surface area contributed by atoms with Gasteiger partial charge in [-0.3, -0.25) is 0 Å². The molecular weight excluding hydrogens is 294 g/mol. The number of nitrogens with zero attached hydrogens (tertiary/aromatic N) is 3. The second-order valence-corrected chi connectivity index (χ2v) is 6.18. The van der Waals surface area contributed by atoms with Crippen molar-refractivity contribution in [3.05, 3.63) is 35.7 Å².